The molecule has 0 aliphatic carbocycles. The van der Waals surface area contributed by atoms with E-state index in [0.29, 0.717) is 0 Å². The third-order valence-electron chi connectivity index (χ3n) is 3.33. The molecule has 0 spiro atoms. The zero-order chi connectivity index (χ0) is 14.7. The second-order valence-electron chi connectivity index (χ2n) is 4.94. The van der Waals surface area contributed by atoms with Crippen LogP contribution >= 0.6 is 0 Å². The van der Waals surface area contributed by atoms with Gasteiger partial charge in [-0.15, -0.1) is 0 Å². The lowest BCUT2D eigenvalue weighted by atomic mass is 10.2. The van der Waals surface area contributed by atoms with Crippen LogP contribution in [0.4, 0.5) is 8.78 Å². The van der Waals surface area contributed by atoms with Crippen molar-refractivity contribution in [3.8, 4) is 5.75 Å². The second-order valence-corrected chi connectivity index (χ2v) is 4.94. The molecule has 0 saturated carbocycles. The Balaban J connectivity index is 1.96. The van der Waals surface area contributed by atoms with Gasteiger partial charge < -0.3 is 14.7 Å². The summed E-state index contributed by atoms with van der Waals surface area (Å²) in [6, 6.07) is 3.83. The van der Waals surface area contributed by atoms with E-state index >= 15 is 0 Å². The fourth-order valence-corrected chi connectivity index (χ4v) is 2.28. The van der Waals surface area contributed by atoms with Crippen molar-refractivity contribution in [2.45, 2.75) is 25.6 Å². The van der Waals surface area contributed by atoms with Gasteiger partial charge in [0, 0.05) is 6.42 Å². The number of aliphatic hydroxyl groups excluding tert-OH is 1. The maximum absolute atomic E-state index is 13.5. The molecule has 0 aromatic heterocycles. The predicted molar refractivity (Wildman–Crippen MR) is 68.7 cm³/mol. The van der Waals surface area contributed by atoms with E-state index in [1.165, 1.54) is 17.0 Å². The number of ether oxygens (including phenoxy) is 1. The highest BCUT2D eigenvalue weighted by molar-refractivity contribution is 5.78. The number of alkyl halides is 1. The van der Waals surface area contributed by atoms with Gasteiger partial charge in [-0.05, 0) is 24.6 Å². The van der Waals surface area contributed by atoms with E-state index in [1.807, 2.05) is 0 Å². The summed E-state index contributed by atoms with van der Waals surface area (Å²) in [5, 5.41) is 9.11. The Morgan fingerprint density at radius 3 is 3.00 bits per heavy atom. The normalized spacial score (nSPS) is 22.1. The third kappa shape index (κ3) is 3.25. The molecule has 2 rings (SSSR count). The van der Waals surface area contributed by atoms with E-state index in [9.17, 15) is 13.6 Å². The molecule has 1 heterocycles. The maximum atomic E-state index is 13.5. The van der Waals surface area contributed by atoms with Gasteiger partial charge in [-0.25, -0.2) is 8.78 Å². The number of rotatable bonds is 4. The minimum Gasteiger partial charge on any atom is -0.481 e. The topological polar surface area (TPSA) is 49.8 Å². The fraction of sp³-hybridized carbons (Fsp3) is 0.500. The van der Waals surface area contributed by atoms with E-state index in [-0.39, 0.29) is 31.9 Å². The summed E-state index contributed by atoms with van der Waals surface area (Å²) in [6.45, 7) is 1.07. The molecule has 2 atom stereocenters. The summed E-state index contributed by atoms with van der Waals surface area (Å²) in [4.78, 5) is 13.2. The van der Waals surface area contributed by atoms with Crippen LogP contribution in [0.5, 0.6) is 5.75 Å². The van der Waals surface area contributed by atoms with E-state index in [4.69, 9.17) is 9.84 Å². The minimum atomic E-state index is -1.13. The van der Waals surface area contributed by atoms with Crippen LogP contribution in [0.1, 0.15) is 12.0 Å². The number of carbonyl (C=O) groups is 1. The minimum absolute atomic E-state index is 0.00473. The van der Waals surface area contributed by atoms with Crippen LogP contribution in [0.25, 0.3) is 0 Å². The molecule has 1 aromatic carbocycles. The maximum Gasteiger partial charge on any atom is 0.260 e. The van der Waals surface area contributed by atoms with Gasteiger partial charge in [0.1, 0.15) is 6.17 Å². The summed E-state index contributed by atoms with van der Waals surface area (Å²) in [6.07, 6.45) is -1.01. The van der Waals surface area contributed by atoms with E-state index in [1.54, 1.807) is 13.0 Å². The SMILES string of the molecule is Cc1ccc(F)c(OCC(=O)N2C[C@@H](F)C[C@H]2CO)c1. The number of hydrogen-bond acceptors (Lipinski definition) is 3. The number of aliphatic hydroxyl groups is 1. The van der Waals surface area contributed by atoms with Crippen LogP contribution in [0.3, 0.4) is 0 Å². The van der Waals surface area contributed by atoms with Gasteiger partial charge in [0.15, 0.2) is 18.2 Å². The first-order valence-corrected chi connectivity index (χ1v) is 6.44. The first kappa shape index (κ1) is 14.7. The number of carbonyl (C=O) groups excluding carboxylic acids is 1. The van der Waals surface area contributed by atoms with E-state index in [2.05, 4.69) is 0 Å². The molecule has 6 heteroatoms. The molecule has 1 aliphatic heterocycles. The average molecular weight is 285 g/mol. The van der Waals surface area contributed by atoms with Crippen LogP contribution in [-0.4, -0.2) is 47.9 Å². The summed E-state index contributed by atoms with van der Waals surface area (Å²) in [7, 11) is 0. The van der Waals surface area contributed by atoms with Crippen molar-refractivity contribution in [3.63, 3.8) is 0 Å². The van der Waals surface area contributed by atoms with Gasteiger partial charge in [-0.1, -0.05) is 6.07 Å². The Bertz CT molecular complexity index is 495. The molecule has 1 aliphatic rings. The van der Waals surface area contributed by atoms with Crippen LogP contribution in [0, 0.1) is 12.7 Å². The highest BCUT2D eigenvalue weighted by atomic mass is 19.1. The van der Waals surface area contributed by atoms with Crippen LogP contribution in [-0.2, 0) is 4.79 Å². The van der Waals surface area contributed by atoms with Crippen LogP contribution < -0.4 is 4.74 Å². The van der Waals surface area contributed by atoms with Crippen molar-refractivity contribution < 1.29 is 23.4 Å². The molecular formula is C14H17F2NO3. The Kier molecular flexibility index (Phi) is 4.54. The first-order chi connectivity index (χ1) is 9.51. The number of aryl methyl sites for hydroxylation is 1. The zero-order valence-corrected chi connectivity index (χ0v) is 11.2. The van der Waals surface area contributed by atoms with Crippen molar-refractivity contribution in [1.82, 2.24) is 4.90 Å². The van der Waals surface area contributed by atoms with Gasteiger partial charge in [-0.3, -0.25) is 4.79 Å². The Morgan fingerprint density at radius 2 is 2.30 bits per heavy atom. The average Bonchev–Trinajstić information content (AvgIpc) is 2.80. The monoisotopic (exact) mass is 285 g/mol. The van der Waals surface area contributed by atoms with Crippen molar-refractivity contribution in [2.24, 2.45) is 0 Å². The largest absolute Gasteiger partial charge is 0.481 e. The summed E-state index contributed by atoms with van der Waals surface area (Å²) in [5.41, 5.74) is 0.812. The van der Waals surface area contributed by atoms with Gasteiger partial charge in [0.05, 0.1) is 19.2 Å². The fourth-order valence-electron chi connectivity index (χ4n) is 2.28. The quantitative estimate of drug-likeness (QED) is 0.911. The molecule has 1 aromatic rings. The number of halogens is 2. The van der Waals surface area contributed by atoms with Gasteiger partial charge in [0.25, 0.3) is 5.91 Å². The van der Waals surface area contributed by atoms with E-state index in [0.717, 1.165) is 5.56 Å². The number of likely N-dealkylation sites (tertiary alicyclic amines) is 1. The third-order valence-corrected chi connectivity index (χ3v) is 3.33. The molecule has 1 fully saturated rings. The molecule has 1 saturated heterocycles. The standard InChI is InChI=1S/C14H17F2NO3/c1-9-2-3-12(16)13(4-9)20-8-14(19)17-6-10(15)5-11(17)7-18/h2-4,10-11,18H,5-8H2,1H3/t10-,11-/m0/s1. The lowest BCUT2D eigenvalue weighted by molar-refractivity contribution is -0.135. The number of benzene rings is 1. The number of nitrogens with zero attached hydrogens (tertiary/aromatic N) is 1. The van der Waals surface area contributed by atoms with Crippen LogP contribution in [0.2, 0.25) is 0 Å². The van der Waals surface area contributed by atoms with Crippen molar-refractivity contribution in [1.29, 1.82) is 0 Å². The van der Waals surface area contributed by atoms with Crippen molar-refractivity contribution >= 4 is 5.91 Å². The Morgan fingerprint density at radius 1 is 1.55 bits per heavy atom. The second kappa shape index (κ2) is 6.17. The smallest absolute Gasteiger partial charge is 0.260 e. The summed E-state index contributed by atoms with van der Waals surface area (Å²) < 4.78 is 31.8. The first-order valence-electron chi connectivity index (χ1n) is 6.44. The highest BCUT2D eigenvalue weighted by Crippen LogP contribution is 2.22. The lowest BCUT2D eigenvalue weighted by Gasteiger charge is -2.22. The predicted octanol–water partition coefficient (Wildman–Crippen LogP) is 1.44. The van der Waals surface area contributed by atoms with Crippen molar-refractivity contribution in [3.05, 3.63) is 29.6 Å². The van der Waals surface area contributed by atoms with Crippen molar-refractivity contribution in [2.75, 3.05) is 19.8 Å². The molecule has 20 heavy (non-hydrogen) atoms. The van der Waals surface area contributed by atoms with E-state index < -0.39 is 23.9 Å². The molecule has 0 radical (unpaired) electrons. The Labute approximate surface area is 116 Å². The Hall–Kier alpha value is -1.69. The summed E-state index contributed by atoms with van der Waals surface area (Å²) in [5.74, 6) is -1.01. The van der Waals surface area contributed by atoms with Gasteiger partial charge >= 0.3 is 0 Å². The molecule has 110 valence electrons. The lowest BCUT2D eigenvalue weighted by Crippen LogP contribution is -2.40. The van der Waals surface area contributed by atoms with Gasteiger partial charge in [-0.2, -0.15) is 0 Å². The highest BCUT2D eigenvalue weighted by Gasteiger charge is 2.34. The molecule has 1 amide bonds. The zero-order valence-electron chi connectivity index (χ0n) is 11.2. The molecule has 4 nitrogen and oxygen atoms in total. The molecule has 0 unspecified atom stereocenters. The summed E-state index contributed by atoms with van der Waals surface area (Å²) >= 11 is 0. The van der Waals surface area contributed by atoms with Gasteiger partial charge in [0.2, 0.25) is 0 Å². The number of amides is 1. The molecular weight excluding hydrogens is 268 g/mol. The molecule has 1 N–H and O–H groups in total. The molecule has 0 bridgehead atoms. The number of hydrogen-bond donors (Lipinski definition) is 1. The van der Waals surface area contributed by atoms with Crippen LogP contribution in [0.15, 0.2) is 18.2 Å².